The average molecular weight is 303 g/mol. The molecule has 112 valence electrons. The highest BCUT2D eigenvalue weighted by molar-refractivity contribution is 7.13. The number of nitrogen functional groups attached to an aromatic ring is 1. The summed E-state index contributed by atoms with van der Waals surface area (Å²) in [4.78, 5) is 3.26. The molecule has 3 rings (SSSR count). The van der Waals surface area contributed by atoms with E-state index in [9.17, 15) is 5.11 Å². The molecule has 0 spiro atoms. The normalized spacial score (nSPS) is 20.6. The third-order valence-electron chi connectivity index (χ3n) is 4.06. The Hall–Kier alpha value is -1.56. The minimum absolute atomic E-state index is 0.397. The third kappa shape index (κ3) is 3.05. The van der Waals surface area contributed by atoms with Gasteiger partial charge in [0, 0.05) is 17.5 Å². The summed E-state index contributed by atoms with van der Waals surface area (Å²) in [6.45, 7) is 3.06. The van der Waals surface area contributed by atoms with Gasteiger partial charge in [-0.05, 0) is 48.9 Å². The van der Waals surface area contributed by atoms with Gasteiger partial charge in [0.05, 0.1) is 11.4 Å². The van der Waals surface area contributed by atoms with Gasteiger partial charge in [-0.1, -0.05) is 12.1 Å². The molecule has 2 aromatic rings. The van der Waals surface area contributed by atoms with Gasteiger partial charge in [0.1, 0.15) is 0 Å². The number of nitrogens with zero attached hydrogens (tertiary/aromatic N) is 1. The lowest BCUT2D eigenvalue weighted by Gasteiger charge is -2.28. The van der Waals surface area contributed by atoms with Crippen molar-refractivity contribution in [1.82, 2.24) is 4.90 Å². The number of aliphatic hydroxyl groups is 1. The van der Waals surface area contributed by atoms with Crippen LogP contribution in [-0.2, 0) is 0 Å². The van der Waals surface area contributed by atoms with Gasteiger partial charge in [0.15, 0.2) is 6.35 Å². The zero-order chi connectivity index (χ0) is 14.8. The quantitative estimate of drug-likeness (QED) is 0.600. The van der Waals surface area contributed by atoms with Gasteiger partial charge in [-0.2, -0.15) is 0 Å². The van der Waals surface area contributed by atoms with Crippen molar-refractivity contribution in [3.8, 4) is 10.4 Å². The third-order valence-corrected chi connectivity index (χ3v) is 4.98. The van der Waals surface area contributed by atoms with Crippen LogP contribution < -0.4 is 11.1 Å². The van der Waals surface area contributed by atoms with Crippen LogP contribution in [0.5, 0.6) is 0 Å². The van der Waals surface area contributed by atoms with Crippen molar-refractivity contribution >= 4 is 22.7 Å². The fraction of sp³-hybridized carbons (Fsp3) is 0.375. The Balaban J connectivity index is 1.80. The van der Waals surface area contributed by atoms with Crippen LogP contribution in [-0.4, -0.2) is 28.9 Å². The molecule has 2 atom stereocenters. The van der Waals surface area contributed by atoms with Crippen LogP contribution in [0.3, 0.4) is 0 Å². The number of hydrogen-bond acceptors (Lipinski definition) is 5. The molecule has 1 saturated heterocycles. The van der Waals surface area contributed by atoms with Crippen molar-refractivity contribution in [2.24, 2.45) is 0 Å². The largest absolute Gasteiger partial charge is 0.397 e. The van der Waals surface area contributed by atoms with E-state index < -0.39 is 6.35 Å². The molecule has 0 bridgehead atoms. The highest BCUT2D eigenvalue weighted by Gasteiger charge is 2.26. The van der Waals surface area contributed by atoms with E-state index in [1.807, 2.05) is 24.3 Å². The number of rotatable bonds is 4. The lowest BCUT2D eigenvalue weighted by atomic mass is 10.1. The van der Waals surface area contributed by atoms with E-state index in [-0.39, 0.29) is 0 Å². The summed E-state index contributed by atoms with van der Waals surface area (Å²) in [5, 5.41) is 15.6. The maximum Gasteiger partial charge on any atom is 0.184 e. The molecule has 0 radical (unpaired) electrons. The summed E-state index contributed by atoms with van der Waals surface area (Å²) in [7, 11) is 0. The zero-order valence-corrected chi connectivity index (χ0v) is 12.9. The van der Waals surface area contributed by atoms with Crippen molar-refractivity contribution in [2.75, 3.05) is 17.6 Å². The van der Waals surface area contributed by atoms with Crippen LogP contribution >= 0.6 is 11.3 Å². The number of anilines is 2. The van der Waals surface area contributed by atoms with E-state index in [0.29, 0.717) is 11.7 Å². The minimum Gasteiger partial charge on any atom is -0.397 e. The van der Waals surface area contributed by atoms with Crippen molar-refractivity contribution in [1.29, 1.82) is 0 Å². The molecular formula is C16H21N3OS. The molecule has 1 unspecified atom stereocenters. The lowest BCUT2D eigenvalue weighted by molar-refractivity contribution is 0.0217. The van der Waals surface area contributed by atoms with Gasteiger partial charge in [-0.3, -0.25) is 4.90 Å². The molecule has 2 heterocycles. The van der Waals surface area contributed by atoms with Gasteiger partial charge in [-0.25, -0.2) is 0 Å². The molecule has 4 N–H and O–H groups in total. The van der Waals surface area contributed by atoms with Gasteiger partial charge in [-0.15, -0.1) is 11.3 Å². The summed E-state index contributed by atoms with van der Waals surface area (Å²) in [6.07, 6.45) is 1.57. The average Bonchev–Trinajstić information content (AvgIpc) is 3.12. The van der Waals surface area contributed by atoms with Gasteiger partial charge in [0.2, 0.25) is 0 Å². The molecule has 4 nitrogen and oxygen atoms in total. The maximum atomic E-state index is 10.4. The number of hydrogen-bond donors (Lipinski definition) is 3. The van der Waals surface area contributed by atoms with E-state index in [1.165, 1.54) is 4.88 Å². The molecule has 0 amide bonds. The first kappa shape index (κ1) is 14.4. The molecule has 1 aliphatic heterocycles. The van der Waals surface area contributed by atoms with E-state index in [1.54, 1.807) is 11.3 Å². The summed E-state index contributed by atoms with van der Waals surface area (Å²) in [6, 6.07) is 10.4. The predicted molar refractivity (Wildman–Crippen MR) is 89.2 cm³/mol. The first-order chi connectivity index (χ1) is 10.1. The van der Waals surface area contributed by atoms with Gasteiger partial charge >= 0.3 is 0 Å². The van der Waals surface area contributed by atoms with Crippen molar-refractivity contribution in [3.63, 3.8) is 0 Å². The number of nitrogens with two attached hydrogens (primary N) is 1. The van der Waals surface area contributed by atoms with Crippen molar-refractivity contribution < 1.29 is 5.11 Å². The van der Waals surface area contributed by atoms with Gasteiger partial charge < -0.3 is 16.2 Å². The Morgan fingerprint density at radius 2 is 2.29 bits per heavy atom. The van der Waals surface area contributed by atoms with Crippen LogP contribution in [0, 0.1) is 0 Å². The topological polar surface area (TPSA) is 61.5 Å². The van der Waals surface area contributed by atoms with Crippen LogP contribution in [0.25, 0.3) is 10.4 Å². The second-order valence-electron chi connectivity index (χ2n) is 5.53. The first-order valence-electron chi connectivity index (χ1n) is 7.29. The van der Waals surface area contributed by atoms with Crippen molar-refractivity contribution in [3.05, 3.63) is 35.7 Å². The Morgan fingerprint density at radius 1 is 1.43 bits per heavy atom. The number of aliphatic hydroxyl groups excluding tert-OH is 1. The number of benzene rings is 1. The molecule has 1 aromatic carbocycles. The molecular weight excluding hydrogens is 282 g/mol. The summed E-state index contributed by atoms with van der Waals surface area (Å²) in [5.41, 5.74) is 8.59. The van der Waals surface area contributed by atoms with E-state index in [0.717, 1.165) is 30.6 Å². The molecule has 0 aliphatic carbocycles. The summed E-state index contributed by atoms with van der Waals surface area (Å²) < 4.78 is 0. The van der Waals surface area contributed by atoms with Crippen molar-refractivity contribution in [2.45, 2.75) is 32.2 Å². The maximum absolute atomic E-state index is 10.4. The second-order valence-corrected chi connectivity index (χ2v) is 6.47. The lowest BCUT2D eigenvalue weighted by Crippen LogP contribution is -2.42. The predicted octanol–water partition coefficient (Wildman–Crippen LogP) is 3.17. The molecule has 1 aliphatic rings. The molecule has 0 saturated carbocycles. The molecule has 1 fully saturated rings. The van der Waals surface area contributed by atoms with Crippen LogP contribution in [0.2, 0.25) is 0 Å². The van der Waals surface area contributed by atoms with Crippen LogP contribution in [0.1, 0.15) is 19.8 Å². The van der Waals surface area contributed by atoms with E-state index >= 15 is 0 Å². The molecule has 1 aromatic heterocycles. The minimum atomic E-state index is -0.691. The Labute approximate surface area is 129 Å². The zero-order valence-electron chi connectivity index (χ0n) is 12.1. The first-order valence-corrected chi connectivity index (χ1v) is 8.17. The fourth-order valence-corrected chi connectivity index (χ4v) is 3.54. The highest BCUT2D eigenvalue weighted by atomic mass is 32.1. The SMILES string of the molecule is C[C@H]1CCCN1C(O)Nc1cc(-c2cccs2)ccc1N. The van der Waals surface area contributed by atoms with Crippen LogP contribution in [0.15, 0.2) is 35.7 Å². The Morgan fingerprint density at radius 3 is 2.95 bits per heavy atom. The number of thiophene rings is 1. The van der Waals surface area contributed by atoms with Gasteiger partial charge in [0.25, 0.3) is 0 Å². The number of likely N-dealkylation sites (tertiary alicyclic amines) is 1. The Bertz CT molecular complexity index is 600. The monoisotopic (exact) mass is 303 g/mol. The van der Waals surface area contributed by atoms with Crippen LogP contribution in [0.4, 0.5) is 11.4 Å². The number of nitrogens with one attached hydrogen (secondary N) is 1. The summed E-state index contributed by atoms with van der Waals surface area (Å²) in [5.74, 6) is 0. The summed E-state index contributed by atoms with van der Waals surface area (Å²) >= 11 is 1.69. The molecule has 5 heteroatoms. The fourth-order valence-electron chi connectivity index (χ4n) is 2.82. The highest BCUT2D eigenvalue weighted by Crippen LogP contribution is 2.31. The smallest absolute Gasteiger partial charge is 0.184 e. The van der Waals surface area contributed by atoms with E-state index in [2.05, 4.69) is 28.6 Å². The Kier molecular flexibility index (Phi) is 4.14. The van der Waals surface area contributed by atoms with E-state index in [4.69, 9.17) is 5.73 Å². The molecule has 21 heavy (non-hydrogen) atoms. The standard InChI is InChI=1S/C16H21N3OS/c1-11-4-2-8-19(11)16(20)18-14-10-12(6-7-13(14)17)15-5-3-9-21-15/h3,5-7,9-11,16,18,20H,2,4,8,17H2,1H3/t11-,16?/m0/s1. The second kappa shape index (κ2) is 6.05.